The van der Waals surface area contributed by atoms with Crippen LogP contribution in [0.2, 0.25) is 0 Å². The lowest BCUT2D eigenvalue weighted by molar-refractivity contribution is -0.144. The molecule has 370 valence electrons. The Labute approximate surface area is 391 Å². The van der Waals surface area contributed by atoms with Crippen LogP contribution in [0, 0.1) is 23.7 Å². The Bertz CT molecular complexity index is 1790. The Morgan fingerprint density at radius 1 is 0.818 bits per heavy atom. The van der Waals surface area contributed by atoms with E-state index >= 15 is 0 Å². The number of hydrogen-bond acceptors (Lipinski definition) is 11. The van der Waals surface area contributed by atoms with Crippen LogP contribution in [-0.2, 0) is 54.4 Å². The van der Waals surface area contributed by atoms with Crippen LogP contribution in [0.5, 0.6) is 0 Å². The van der Waals surface area contributed by atoms with E-state index in [-0.39, 0.29) is 86.0 Å². The van der Waals surface area contributed by atoms with Crippen molar-refractivity contribution in [3.05, 3.63) is 29.8 Å². The van der Waals surface area contributed by atoms with Gasteiger partial charge in [0.15, 0.2) is 0 Å². The minimum absolute atomic E-state index is 0.00818. The number of nitrogens with one attached hydrogen (secondary N) is 3. The maximum absolute atomic E-state index is 13.8. The lowest BCUT2D eigenvalue weighted by Crippen LogP contribution is -2.55. The molecule has 0 radical (unpaired) electrons. The standard InChI is InChI=1S/C48H77N7O11/c1-12-32(6)44(38(64-10)26-41(59)55-23-13-14-37(55)45(65-11)31(4)5)52(8)42(60)27-49-47(62)43(30(2)3)53(9)48(63)66-29-35-15-17-36(18-16-35)51-46(61)33(7)50-39(57)19-20-40(58)54-24-21-34(28-56)22-25-54/h15-18,28,30-34,37-38,43-45H,12-14,19-27,29H2,1-11H3,(H,49,62)(H,50,57)(H,51,61)/t32?,33-,37?,38?,43?,44?,45?/m0/s1. The highest BCUT2D eigenvalue weighted by atomic mass is 16.6. The minimum Gasteiger partial charge on any atom is -0.445 e. The van der Waals surface area contributed by atoms with Gasteiger partial charge >= 0.3 is 6.09 Å². The average Bonchev–Trinajstić information content (AvgIpc) is 3.78. The second-order valence-electron chi connectivity index (χ2n) is 18.5. The molecule has 1 aromatic rings. The van der Waals surface area contributed by atoms with Gasteiger partial charge in [0, 0.05) is 72.4 Å². The first-order chi connectivity index (χ1) is 31.3. The Morgan fingerprint density at radius 3 is 2.03 bits per heavy atom. The molecule has 7 atom stereocenters. The molecule has 66 heavy (non-hydrogen) atoms. The average molecular weight is 928 g/mol. The van der Waals surface area contributed by atoms with Crippen LogP contribution >= 0.6 is 0 Å². The third kappa shape index (κ3) is 15.8. The van der Waals surface area contributed by atoms with Crippen LogP contribution < -0.4 is 16.0 Å². The number of carbonyl (C=O) groups excluding carboxylic acids is 8. The smallest absolute Gasteiger partial charge is 0.410 e. The second kappa shape index (κ2) is 26.9. The highest BCUT2D eigenvalue weighted by Crippen LogP contribution is 2.29. The van der Waals surface area contributed by atoms with Crippen molar-refractivity contribution in [3.63, 3.8) is 0 Å². The zero-order valence-electron chi connectivity index (χ0n) is 41.1. The lowest BCUT2D eigenvalue weighted by Gasteiger charge is -2.39. The fraction of sp³-hybridized carbons (Fsp3) is 0.708. The molecular weight excluding hydrogens is 851 g/mol. The van der Waals surface area contributed by atoms with E-state index in [0.29, 0.717) is 43.7 Å². The first-order valence-corrected chi connectivity index (χ1v) is 23.5. The van der Waals surface area contributed by atoms with Gasteiger partial charge in [-0.1, -0.05) is 60.1 Å². The summed E-state index contributed by atoms with van der Waals surface area (Å²) in [5.41, 5.74) is 1.05. The van der Waals surface area contributed by atoms with Crippen molar-refractivity contribution in [2.75, 3.05) is 59.8 Å². The number of hydrogen-bond donors (Lipinski definition) is 3. The number of amides is 7. The Kier molecular flexibility index (Phi) is 22.5. The molecule has 0 aliphatic carbocycles. The predicted octanol–water partition coefficient (Wildman–Crippen LogP) is 4.00. The molecule has 18 heteroatoms. The molecule has 3 N–H and O–H groups in total. The topological polar surface area (TPSA) is 213 Å². The number of nitrogens with zero attached hydrogens (tertiary/aromatic N) is 4. The number of rotatable bonds is 24. The third-order valence-electron chi connectivity index (χ3n) is 13.1. The Hall–Kier alpha value is -5.10. The summed E-state index contributed by atoms with van der Waals surface area (Å²) in [7, 11) is 6.33. The van der Waals surface area contributed by atoms with Gasteiger partial charge in [-0.05, 0) is 68.1 Å². The van der Waals surface area contributed by atoms with E-state index in [0.717, 1.165) is 25.5 Å². The lowest BCUT2D eigenvalue weighted by atomic mass is 9.90. The molecule has 6 unspecified atom stereocenters. The zero-order valence-corrected chi connectivity index (χ0v) is 41.1. The normalized spacial score (nSPS) is 18.1. The molecular formula is C48H77N7O11. The number of likely N-dealkylation sites (tertiary alicyclic amines) is 2. The summed E-state index contributed by atoms with van der Waals surface area (Å²) in [6.07, 6.45) is 3.20. The number of carbonyl (C=O) groups is 8. The summed E-state index contributed by atoms with van der Waals surface area (Å²) in [6, 6.07) is 4.23. The van der Waals surface area contributed by atoms with Crippen molar-refractivity contribution in [1.82, 2.24) is 30.2 Å². The van der Waals surface area contributed by atoms with Gasteiger partial charge in [0.05, 0.1) is 37.3 Å². The number of ether oxygens (including phenoxy) is 3. The Morgan fingerprint density at radius 2 is 1.47 bits per heavy atom. The van der Waals surface area contributed by atoms with E-state index in [1.165, 1.54) is 18.9 Å². The number of likely N-dealkylation sites (N-methyl/N-ethyl adjacent to an activating group) is 2. The van der Waals surface area contributed by atoms with Crippen molar-refractivity contribution >= 4 is 53.5 Å². The van der Waals surface area contributed by atoms with Crippen molar-refractivity contribution in [2.45, 2.75) is 143 Å². The second-order valence-corrected chi connectivity index (χ2v) is 18.5. The quantitative estimate of drug-likeness (QED) is 0.126. The highest BCUT2D eigenvalue weighted by molar-refractivity contribution is 5.97. The van der Waals surface area contributed by atoms with Gasteiger partial charge in [-0.3, -0.25) is 33.7 Å². The molecule has 2 saturated heterocycles. The van der Waals surface area contributed by atoms with E-state index in [9.17, 15) is 38.4 Å². The molecule has 2 aliphatic heterocycles. The summed E-state index contributed by atoms with van der Waals surface area (Å²) < 4.78 is 17.3. The van der Waals surface area contributed by atoms with E-state index < -0.39 is 48.0 Å². The van der Waals surface area contributed by atoms with Crippen molar-refractivity contribution in [3.8, 4) is 0 Å². The summed E-state index contributed by atoms with van der Waals surface area (Å²) in [6.45, 7) is 14.4. The summed E-state index contributed by atoms with van der Waals surface area (Å²) >= 11 is 0. The monoisotopic (exact) mass is 928 g/mol. The number of methoxy groups -OCH3 is 2. The Balaban J connectivity index is 1.50. The van der Waals surface area contributed by atoms with Gasteiger partial charge < -0.3 is 49.7 Å². The van der Waals surface area contributed by atoms with Crippen LogP contribution in [0.1, 0.15) is 105 Å². The fourth-order valence-corrected chi connectivity index (χ4v) is 9.01. The van der Waals surface area contributed by atoms with E-state index in [4.69, 9.17) is 14.2 Å². The van der Waals surface area contributed by atoms with E-state index in [1.807, 2.05) is 18.7 Å². The molecule has 0 bridgehead atoms. The molecule has 2 aliphatic rings. The van der Waals surface area contributed by atoms with Crippen LogP contribution in [0.15, 0.2) is 24.3 Å². The highest BCUT2D eigenvalue weighted by Gasteiger charge is 2.40. The fourth-order valence-electron chi connectivity index (χ4n) is 9.01. The number of aldehydes is 1. The van der Waals surface area contributed by atoms with Gasteiger partial charge in [-0.25, -0.2) is 4.79 Å². The summed E-state index contributed by atoms with van der Waals surface area (Å²) in [5, 5.41) is 8.06. The molecule has 18 nitrogen and oxygen atoms in total. The van der Waals surface area contributed by atoms with E-state index in [1.54, 1.807) is 69.2 Å². The first-order valence-electron chi connectivity index (χ1n) is 23.5. The third-order valence-corrected chi connectivity index (χ3v) is 13.1. The molecule has 0 saturated carbocycles. The van der Waals surface area contributed by atoms with Crippen molar-refractivity contribution < 1.29 is 52.6 Å². The summed E-state index contributed by atoms with van der Waals surface area (Å²) in [5.74, 6) is -2.19. The van der Waals surface area contributed by atoms with E-state index in [2.05, 4.69) is 29.8 Å². The molecule has 1 aromatic carbocycles. The van der Waals surface area contributed by atoms with Gasteiger partial charge in [-0.15, -0.1) is 0 Å². The molecule has 0 aromatic heterocycles. The SMILES string of the molecule is CCC(C)C(C(CC(=O)N1CCCC1C(OC)C(C)C)OC)N(C)C(=O)CNC(=O)C(C(C)C)N(C)C(=O)OCc1ccc(NC(=O)[C@H](C)NC(=O)CCC(=O)N2CCC(C=O)CC2)cc1. The van der Waals surface area contributed by atoms with Gasteiger partial charge in [0.2, 0.25) is 35.4 Å². The van der Waals surface area contributed by atoms with Crippen molar-refractivity contribution in [1.29, 1.82) is 0 Å². The maximum atomic E-state index is 13.8. The van der Waals surface area contributed by atoms with Crippen LogP contribution in [0.25, 0.3) is 0 Å². The molecule has 2 fully saturated rings. The molecule has 0 spiro atoms. The number of piperidine rings is 1. The minimum atomic E-state index is -0.965. The summed E-state index contributed by atoms with van der Waals surface area (Å²) in [4.78, 5) is 109. The van der Waals surface area contributed by atoms with Crippen molar-refractivity contribution in [2.24, 2.45) is 23.7 Å². The molecule has 7 amide bonds. The van der Waals surface area contributed by atoms with Crippen LogP contribution in [0.4, 0.5) is 10.5 Å². The van der Waals surface area contributed by atoms with Gasteiger partial charge in [-0.2, -0.15) is 0 Å². The van der Waals surface area contributed by atoms with Crippen LogP contribution in [0.3, 0.4) is 0 Å². The molecule has 2 heterocycles. The number of anilines is 1. The largest absolute Gasteiger partial charge is 0.445 e. The van der Waals surface area contributed by atoms with Gasteiger partial charge in [0.25, 0.3) is 0 Å². The first kappa shape index (κ1) is 55.2. The van der Waals surface area contributed by atoms with Crippen LogP contribution in [-0.4, -0.2) is 158 Å². The zero-order chi connectivity index (χ0) is 49.2. The maximum Gasteiger partial charge on any atom is 0.410 e. The van der Waals surface area contributed by atoms with Gasteiger partial charge in [0.1, 0.15) is 25.0 Å². The molecule has 3 rings (SSSR count). The number of benzene rings is 1. The predicted molar refractivity (Wildman–Crippen MR) is 249 cm³/mol.